The van der Waals surface area contributed by atoms with E-state index < -0.39 is 17.7 Å². The first-order chi connectivity index (χ1) is 12.7. The number of Topliss-reactive ketones (excluding diaryl/α,β-unsaturated/α-hetero) is 1. The fraction of sp³-hybridized carbons (Fsp3) is 0.571. The molecule has 1 aromatic carbocycles. The molecule has 0 radical (unpaired) electrons. The van der Waals surface area contributed by atoms with Crippen molar-refractivity contribution in [3.05, 3.63) is 35.9 Å². The molecule has 148 valence electrons. The number of hydrogen-bond acceptors (Lipinski definition) is 5. The Bertz CT molecular complexity index is 665. The third-order valence-electron chi connectivity index (χ3n) is 4.50. The fourth-order valence-corrected chi connectivity index (χ4v) is 3.08. The molecule has 0 bridgehead atoms. The summed E-state index contributed by atoms with van der Waals surface area (Å²) in [6, 6.07) is 8.82. The molecule has 0 aliphatic carbocycles. The maximum atomic E-state index is 12.6. The second-order valence-electron chi connectivity index (χ2n) is 8.03. The molecule has 1 saturated heterocycles. The van der Waals surface area contributed by atoms with Crippen LogP contribution in [0.1, 0.15) is 52.5 Å². The van der Waals surface area contributed by atoms with Crippen LogP contribution in [-0.4, -0.2) is 40.9 Å². The molecule has 1 fully saturated rings. The minimum absolute atomic E-state index is 0.0154. The summed E-state index contributed by atoms with van der Waals surface area (Å²) in [6.07, 6.45) is 0.553. The van der Waals surface area contributed by atoms with Crippen LogP contribution < -0.4 is 0 Å². The van der Waals surface area contributed by atoms with Crippen LogP contribution in [0.3, 0.4) is 0 Å². The first-order valence-electron chi connectivity index (χ1n) is 9.37. The lowest BCUT2D eigenvalue weighted by atomic mass is 9.99. The van der Waals surface area contributed by atoms with Crippen molar-refractivity contribution in [1.82, 2.24) is 4.90 Å². The number of ether oxygens (including phenoxy) is 2. The molecule has 1 aliphatic heterocycles. The van der Waals surface area contributed by atoms with E-state index in [1.807, 2.05) is 51.1 Å². The molecule has 2 rings (SSSR count). The van der Waals surface area contributed by atoms with Crippen LogP contribution in [0, 0.1) is 5.92 Å². The average molecular weight is 375 g/mol. The minimum Gasteiger partial charge on any atom is -0.460 e. The standard InChI is InChI=1S/C21H29NO5/c1-15-18(23)11-10-17(12-19(24)27-21(2,3)4)13-22(15)20(25)26-14-16-8-6-5-7-9-16/h5-9,15,17H,10-14H2,1-4H3/t15-,17+/m0/s1. The van der Waals surface area contributed by atoms with E-state index in [0.717, 1.165) is 5.56 Å². The summed E-state index contributed by atoms with van der Waals surface area (Å²) in [5.74, 6) is -0.455. The minimum atomic E-state index is -0.558. The lowest BCUT2D eigenvalue weighted by molar-refractivity contribution is -0.156. The summed E-state index contributed by atoms with van der Waals surface area (Å²) in [7, 11) is 0. The third kappa shape index (κ3) is 6.70. The van der Waals surface area contributed by atoms with Crippen molar-refractivity contribution in [2.45, 2.75) is 65.2 Å². The second kappa shape index (κ2) is 9.02. The van der Waals surface area contributed by atoms with Gasteiger partial charge >= 0.3 is 12.1 Å². The van der Waals surface area contributed by atoms with E-state index in [1.165, 1.54) is 4.90 Å². The first-order valence-corrected chi connectivity index (χ1v) is 9.37. The van der Waals surface area contributed by atoms with Crippen molar-refractivity contribution < 1.29 is 23.9 Å². The Balaban J connectivity index is 2.00. The summed E-state index contributed by atoms with van der Waals surface area (Å²) in [5.41, 5.74) is 0.323. The smallest absolute Gasteiger partial charge is 0.410 e. The molecular formula is C21H29NO5. The maximum absolute atomic E-state index is 12.6. The molecular weight excluding hydrogens is 346 g/mol. The number of amides is 1. The van der Waals surface area contributed by atoms with Gasteiger partial charge in [-0.05, 0) is 45.6 Å². The van der Waals surface area contributed by atoms with Crippen LogP contribution in [0.25, 0.3) is 0 Å². The van der Waals surface area contributed by atoms with Crippen LogP contribution in [0.4, 0.5) is 4.79 Å². The molecule has 1 aromatic rings. The number of benzene rings is 1. The molecule has 6 nitrogen and oxygen atoms in total. The molecule has 2 atom stereocenters. The SMILES string of the molecule is C[C@H]1C(=O)CC[C@H](CC(=O)OC(C)(C)C)CN1C(=O)OCc1ccccc1. The van der Waals surface area contributed by atoms with Gasteiger partial charge in [0.05, 0.1) is 12.5 Å². The van der Waals surface area contributed by atoms with Gasteiger partial charge in [-0.2, -0.15) is 0 Å². The molecule has 0 unspecified atom stereocenters. The van der Waals surface area contributed by atoms with Gasteiger partial charge in [-0.25, -0.2) is 4.79 Å². The predicted molar refractivity (Wildman–Crippen MR) is 101 cm³/mol. The zero-order chi connectivity index (χ0) is 20.0. The maximum Gasteiger partial charge on any atom is 0.410 e. The number of hydrogen-bond donors (Lipinski definition) is 0. The van der Waals surface area contributed by atoms with Crippen LogP contribution in [0.15, 0.2) is 30.3 Å². The van der Waals surface area contributed by atoms with Crippen molar-refractivity contribution >= 4 is 17.8 Å². The van der Waals surface area contributed by atoms with Crippen LogP contribution in [0.2, 0.25) is 0 Å². The van der Waals surface area contributed by atoms with E-state index in [1.54, 1.807) is 6.92 Å². The molecule has 0 saturated carbocycles. The number of likely N-dealkylation sites (tertiary alicyclic amines) is 1. The van der Waals surface area contributed by atoms with Gasteiger partial charge < -0.3 is 9.47 Å². The Kier molecular flexibility index (Phi) is 6.99. The summed E-state index contributed by atoms with van der Waals surface area (Å²) in [4.78, 5) is 38.5. The van der Waals surface area contributed by atoms with Gasteiger partial charge in [-0.15, -0.1) is 0 Å². The highest BCUT2D eigenvalue weighted by molar-refractivity contribution is 5.87. The van der Waals surface area contributed by atoms with E-state index in [4.69, 9.17) is 9.47 Å². The summed E-state index contributed by atoms with van der Waals surface area (Å²) in [5, 5.41) is 0. The normalized spacial score (nSPS) is 20.7. The molecule has 1 aliphatic rings. The van der Waals surface area contributed by atoms with Crippen molar-refractivity contribution in [2.75, 3.05) is 6.54 Å². The Labute approximate surface area is 160 Å². The molecule has 1 heterocycles. The molecule has 27 heavy (non-hydrogen) atoms. The third-order valence-corrected chi connectivity index (χ3v) is 4.50. The van der Waals surface area contributed by atoms with Gasteiger partial charge in [0.15, 0.2) is 5.78 Å². The van der Waals surface area contributed by atoms with E-state index >= 15 is 0 Å². The Morgan fingerprint density at radius 1 is 1.19 bits per heavy atom. The second-order valence-corrected chi connectivity index (χ2v) is 8.03. The van der Waals surface area contributed by atoms with Gasteiger partial charge in [0.25, 0.3) is 0 Å². The topological polar surface area (TPSA) is 72.9 Å². The highest BCUT2D eigenvalue weighted by Crippen LogP contribution is 2.24. The highest BCUT2D eigenvalue weighted by atomic mass is 16.6. The Morgan fingerprint density at radius 3 is 2.48 bits per heavy atom. The average Bonchev–Trinajstić information content (AvgIpc) is 2.72. The number of esters is 1. The lowest BCUT2D eigenvalue weighted by Gasteiger charge is -2.28. The fourth-order valence-electron chi connectivity index (χ4n) is 3.08. The van der Waals surface area contributed by atoms with Gasteiger partial charge in [0, 0.05) is 13.0 Å². The van der Waals surface area contributed by atoms with Crippen LogP contribution in [-0.2, 0) is 25.7 Å². The Hall–Kier alpha value is -2.37. The van der Waals surface area contributed by atoms with Crippen LogP contribution in [0.5, 0.6) is 0 Å². The zero-order valence-electron chi connectivity index (χ0n) is 16.6. The molecule has 0 aromatic heterocycles. The summed E-state index contributed by atoms with van der Waals surface area (Å²) >= 11 is 0. The number of carbonyl (C=O) groups excluding carboxylic acids is 3. The number of ketones is 1. The van der Waals surface area contributed by atoms with Crippen molar-refractivity contribution in [3.63, 3.8) is 0 Å². The summed E-state index contributed by atoms with van der Waals surface area (Å²) in [6.45, 7) is 7.61. The van der Waals surface area contributed by atoms with E-state index in [-0.39, 0.29) is 30.7 Å². The highest BCUT2D eigenvalue weighted by Gasteiger charge is 2.34. The van der Waals surface area contributed by atoms with Crippen LogP contribution >= 0.6 is 0 Å². The van der Waals surface area contributed by atoms with Crippen molar-refractivity contribution in [1.29, 1.82) is 0 Å². The zero-order valence-corrected chi connectivity index (χ0v) is 16.6. The van der Waals surface area contributed by atoms with Gasteiger partial charge in [-0.3, -0.25) is 14.5 Å². The molecule has 6 heteroatoms. The predicted octanol–water partition coefficient (Wildman–Crippen LogP) is 3.72. The van der Waals surface area contributed by atoms with Crippen molar-refractivity contribution in [3.8, 4) is 0 Å². The molecule has 1 amide bonds. The monoisotopic (exact) mass is 375 g/mol. The summed E-state index contributed by atoms with van der Waals surface area (Å²) < 4.78 is 10.8. The van der Waals surface area contributed by atoms with E-state index in [9.17, 15) is 14.4 Å². The molecule has 0 spiro atoms. The van der Waals surface area contributed by atoms with E-state index in [2.05, 4.69) is 0 Å². The van der Waals surface area contributed by atoms with Gasteiger partial charge in [0.2, 0.25) is 0 Å². The number of rotatable bonds is 4. The first kappa shape index (κ1) is 20.9. The lowest BCUT2D eigenvalue weighted by Crippen LogP contribution is -2.44. The van der Waals surface area contributed by atoms with Gasteiger partial charge in [0.1, 0.15) is 12.2 Å². The van der Waals surface area contributed by atoms with Gasteiger partial charge in [-0.1, -0.05) is 30.3 Å². The quantitative estimate of drug-likeness (QED) is 0.750. The molecule has 0 N–H and O–H groups in total. The largest absolute Gasteiger partial charge is 0.460 e. The van der Waals surface area contributed by atoms with Crippen molar-refractivity contribution in [2.24, 2.45) is 5.92 Å². The number of carbonyl (C=O) groups is 3. The van der Waals surface area contributed by atoms with E-state index in [0.29, 0.717) is 19.4 Å². The Morgan fingerprint density at radius 2 is 1.85 bits per heavy atom. The number of nitrogens with zero attached hydrogens (tertiary/aromatic N) is 1.